The first kappa shape index (κ1) is 15.6. The number of hydrogen-bond donors (Lipinski definition) is 0. The predicted molar refractivity (Wildman–Crippen MR) is 77.1 cm³/mol. The molecule has 22 heavy (non-hydrogen) atoms. The van der Waals surface area contributed by atoms with E-state index >= 15 is 0 Å². The van der Waals surface area contributed by atoms with Crippen molar-refractivity contribution < 1.29 is 18.3 Å². The number of sulfone groups is 1. The summed E-state index contributed by atoms with van der Waals surface area (Å²) in [6.07, 6.45) is 0. The van der Waals surface area contributed by atoms with E-state index in [9.17, 15) is 28.6 Å². The fraction of sp³-hybridized carbons (Fsp3) is 0.0769. The van der Waals surface area contributed by atoms with Crippen LogP contribution in [0, 0.1) is 20.2 Å². The average Bonchev–Trinajstić information content (AvgIpc) is 2.47. The third-order valence-corrected chi connectivity index (χ3v) is 4.61. The number of non-ortho nitro benzene ring substituents is 1. The molecular weight excluding hydrogens is 312 g/mol. The van der Waals surface area contributed by atoms with Gasteiger partial charge >= 0.3 is 0 Å². The molecule has 114 valence electrons. The van der Waals surface area contributed by atoms with E-state index in [2.05, 4.69) is 0 Å². The maximum absolute atomic E-state index is 12.3. The largest absolute Gasteiger partial charge is 0.294 e. The van der Waals surface area contributed by atoms with Crippen molar-refractivity contribution in [2.24, 2.45) is 0 Å². The SMILES string of the molecule is O=[N+]([O-])c1ccc(S(=O)(=O)Cc2ccccc2)c([N+](=O)[O-])c1. The Morgan fingerprint density at radius 3 is 2.09 bits per heavy atom. The molecule has 0 heterocycles. The van der Waals surface area contributed by atoms with Crippen LogP contribution in [0.4, 0.5) is 11.4 Å². The molecule has 0 N–H and O–H groups in total. The number of rotatable bonds is 5. The smallest absolute Gasteiger partial charge is 0.258 e. The number of benzene rings is 2. The Hall–Kier alpha value is -2.81. The molecule has 0 unspecified atom stereocenters. The van der Waals surface area contributed by atoms with Gasteiger partial charge in [-0.25, -0.2) is 8.42 Å². The maximum atomic E-state index is 12.3. The fourth-order valence-corrected chi connectivity index (χ4v) is 3.41. The average molecular weight is 322 g/mol. The molecule has 2 aromatic carbocycles. The molecule has 0 saturated heterocycles. The second-order valence-electron chi connectivity index (χ2n) is 4.41. The van der Waals surface area contributed by atoms with Crippen molar-refractivity contribution in [2.45, 2.75) is 10.6 Å². The summed E-state index contributed by atoms with van der Waals surface area (Å²) in [4.78, 5) is 19.4. The van der Waals surface area contributed by atoms with Crippen LogP contribution in [-0.2, 0) is 15.6 Å². The molecule has 0 saturated carbocycles. The van der Waals surface area contributed by atoms with Gasteiger partial charge in [-0.15, -0.1) is 0 Å². The van der Waals surface area contributed by atoms with E-state index in [4.69, 9.17) is 0 Å². The molecule has 0 aliphatic rings. The summed E-state index contributed by atoms with van der Waals surface area (Å²) in [5.74, 6) is -0.424. The zero-order valence-corrected chi connectivity index (χ0v) is 11.9. The van der Waals surface area contributed by atoms with E-state index in [-0.39, 0.29) is 0 Å². The van der Waals surface area contributed by atoms with Crippen LogP contribution < -0.4 is 0 Å². The summed E-state index contributed by atoms with van der Waals surface area (Å²) in [5.41, 5.74) is -0.870. The quantitative estimate of drug-likeness (QED) is 0.616. The Morgan fingerprint density at radius 1 is 0.909 bits per heavy atom. The Labute approximate surface area is 125 Å². The second kappa shape index (κ2) is 5.90. The summed E-state index contributed by atoms with van der Waals surface area (Å²) >= 11 is 0. The lowest BCUT2D eigenvalue weighted by Gasteiger charge is -2.05. The Morgan fingerprint density at radius 2 is 1.55 bits per heavy atom. The van der Waals surface area contributed by atoms with Crippen molar-refractivity contribution in [1.82, 2.24) is 0 Å². The molecule has 0 aliphatic carbocycles. The minimum atomic E-state index is -4.00. The molecule has 8 nitrogen and oxygen atoms in total. The van der Waals surface area contributed by atoms with Crippen molar-refractivity contribution in [1.29, 1.82) is 0 Å². The van der Waals surface area contributed by atoms with Crippen molar-refractivity contribution in [2.75, 3.05) is 0 Å². The van der Waals surface area contributed by atoms with Gasteiger partial charge in [0.05, 0.1) is 21.7 Å². The minimum Gasteiger partial charge on any atom is -0.258 e. The van der Waals surface area contributed by atoms with E-state index in [1.165, 1.54) is 0 Å². The molecule has 2 aromatic rings. The van der Waals surface area contributed by atoms with Crippen LogP contribution in [0.2, 0.25) is 0 Å². The van der Waals surface area contributed by atoms with Gasteiger partial charge in [0.1, 0.15) is 4.90 Å². The molecule has 0 amide bonds. The molecule has 0 bridgehead atoms. The van der Waals surface area contributed by atoms with E-state index < -0.39 is 41.7 Å². The van der Waals surface area contributed by atoms with Crippen molar-refractivity contribution in [3.63, 3.8) is 0 Å². The third kappa shape index (κ3) is 3.26. The topological polar surface area (TPSA) is 120 Å². The fourth-order valence-electron chi connectivity index (χ4n) is 1.90. The summed E-state index contributed by atoms with van der Waals surface area (Å²) in [6, 6.07) is 10.6. The van der Waals surface area contributed by atoms with Gasteiger partial charge in [-0.3, -0.25) is 20.2 Å². The van der Waals surface area contributed by atoms with Crippen LogP contribution >= 0.6 is 0 Å². The number of nitro groups is 2. The summed E-state index contributed by atoms with van der Waals surface area (Å²) < 4.78 is 24.7. The summed E-state index contributed by atoms with van der Waals surface area (Å²) in [7, 11) is -4.00. The van der Waals surface area contributed by atoms with Crippen molar-refractivity contribution in [3.8, 4) is 0 Å². The summed E-state index contributed by atoms with van der Waals surface area (Å²) in [6.45, 7) is 0. The van der Waals surface area contributed by atoms with Gasteiger partial charge in [0, 0.05) is 6.07 Å². The lowest BCUT2D eigenvalue weighted by atomic mass is 10.2. The molecule has 9 heteroatoms. The van der Waals surface area contributed by atoms with Gasteiger partial charge in [-0.2, -0.15) is 0 Å². The number of nitrogens with zero attached hydrogens (tertiary/aromatic N) is 2. The number of hydrogen-bond acceptors (Lipinski definition) is 6. The van der Waals surface area contributed by atoms with Crippen molar-refractivity contribution in [3.05, 3.63) is 74.3 Å². The van der Waals surface area contributed by atoms with Gasteiger partial charge in [0.25, 0.3) is 11.4 Å². The lowest BCUT2D eigenvalue weighted by molar-refractivity contribution is -0.396. The van der Waals surface area contributed by atoms with Gasteiger partial charge in [-0.1, -0.05) is 30.3 Å². The molecule has 0 fully saturated rings. The van der Waals surface area contributed by atoms with E-state index in [0.29, 0.717) is 11.6 Å². The highest BCUT2D eigenvalue weighted by Crippen LogP contribution is 2.30. The van der Waals surface area contributed by atoms with Gasteiger partial charge in [0.15, 0.2) is 9.84 Å². The van der Waals surface area contributed by atoms with E-state index in [1.807, 2.05) is 0 Å². The van der Waals surface area contributed by atoms with Crippen LogP contribution in [-0.4, -0.2) is 18.3 Å². The van der Waals surface area contributed by atoms with Crippen LogP contribution in [0.3, 0.4) is 0 Å². The van der Waals surface area contributed by atoms with Gasteiger partial charge in [0.2, 0.25) is 0 Å². The highest BCUT2D eigenvalue weighted by atomic mass is 32.2. The lowest BCUT2D eigenvalue weighted by Crippen LogP contribution is -2.08. The Balaban J connectivity index is 2.51. The highest BCUT2D eigenvalue weighted by molar-refractivity contribution is 7.90. The monoisotopic (exact) mass is 322 g/mol. The maximum Gasteiger partial charge on any atom is 0.294 e. The van der Waals surface area contributed by atoms with E-state index in [1.54, 1.807) is 30.3 Å². The zero-order chi connectivity index (χ0) is 16.3. The van der Waals surface area contributed by atoms with Crippen LogP contribution in [0.5, 0.6) is 0 Å². The van der Waals surface area contributed by atoms with Crippen LogP contribution in [0.25, 0.3) is 0 Å². The molecule has 0 aliphatic heterocycles. The first-order chi connectivity index (χ1) is 10.3. The Bertz CT molecular complexity index is 833. The highest BCUT2D eigenvalue weighted by Gasteiger charge is 2.28. The minimum absolute atomic E-state index is 0.424. The Kier molecular flexibility index (Phi) is 4.18. The molecule has 0 atom stereocenters. The van der Waals surface area contributed by atoms with Crippen LogP contribution in [0.1, 0.15) is 5.56 Å². The molecular formula is C13H10N2O6S. The normalized spacial score (nSPS) is 11.1. The number of nitro benzene ring substituents is 2. The van der Waals surface area contributed by atoms with E-state index in [0.717, 1.165) is 12.1 Å². The first-order valence-electron chi connectivity index (χ1n) is 6.01. The predicted octanol–water partition coefficient (Wildman–Crippen LogP) is 2.48. The second-order valence-corrected chi connectivity index (χ2v) is 6.37. The molecule has 0 radical (unpaired) electrons. The molecule has 0 aromatic heterocycles. The van der Waals surface area contributed by atoms with Crippen molar-refractivity contribution >= 4 is 21.2 Å². The molecule has 0 spiro atoms. The van der Waals surface area contributed by atoms with Gasteiger partial charge < -0.3 is 0 Å². The van der Waals surface area contributed by atoms with Crippen LogP contribution in [0.15, 0.2) is 53.4 Å². The molecule has 2 rings (SSSR count). The zero-order valence-electron chi connectivity index (χ0n) is 11.1. The van der Waals surface area contributed by atoms with Gasteiger partial charge in [-0.05, 0) is 11.6 Å². The standard InChI is InChI=1S/C13H10N2O6S/c16-14(17)11-6-7-13(12(8-11)15(18)19)22(20,21)9-10-4-2-1-3-5-10/h1-8H,9H2. The first-order valence-corrected chi connectivity index (χ1v) is 7.66. The summed E-state index contributed by atoms with van der Waals surface area (Å²) in [5, 5.41) is 21.7. The third-order valence-electron chi connectivity index (χ3n) is 2.88.